The fourth-order valence-corrected chi connectivity index (χ4v) is 3.68. The molecule has 0 amide bonds. The monoisotopic (exact) mass is 441 g/mol. The first-order valence-corrected chi connectivity index (χ1v) is 8.68. The van der Waals surface area contributed by atoms with Gasteiger partial charge in [0.15, 0.2) is 5.96 Å². The molecule has 1 heterocycles. The number of hydrogen-bond acceptors (Lipinski definition) is 2. The van der Waals surface area contributed by atoms with E-state index in [9.17, 15) is 0 Å². The van der Waals surface area contributed by atoms with Crippen molar-refractivity contribution in [1.82, 2.24) is 10.2 Å². The summed E-state index contributed by atoms with van der Waals surface area (Å²) in [6, 6.07) is 13.0. The van der Waals surface area contributed by atoms with Crippen LogP contribution in [0.1, 0.15) is 21.9 Å². The summed E-state index contributed by atoms with van der Waals surface area (Å²) in [4.78, 5) is 8.05. The zero-order valence-electron chi connectivity index (χ0n) is 13.7. The zero-order chi connectivity index (χ0) is 15.4. The van der Waals surface area contributed by atoms with Crippen molar-refractivity contribution in [3.05, 3.63) is 57.8 Å². The molecule has 1 aromatic carbocycles. The van der Waals surface area contributed by atoms with Crippen LogP contribution in [0.25, 0.3) is 0 Å². The van der Waals surface area contributed by atoms with Gasteiger partial charge in [-0.25, -0.2) is 0 Å². The molecule has 1 unspecified atom stereocenters. The molecule has 0 saturated heterocycles. The van der Waals surface area contributed by atoms with E-state index in [-0.39, 0.29) is 24.0 Å². The second-order valence-electron chi connectivity index (χ2n) is 5.78. The van der Waals surface area contributed by atoms with Crippen molar-refractivity contribution < 1.29 is 0 Å². The molecule has 0 saturated carbocycles. The highest BCUT2D eigenvalue weighted by Crippen LogP contribution is 2.33. The van der Waals surface area contributed by atoms with Crippen molar-refractivity contribution in [3.63, 3.8) is 0 Å². The third-order valence-electron chi connectivity index (χ3n) is 4.31. The molecule has 1 aliphatic rings. The molecular weight excluding hydrogens is 417 g/mol. The van der Waals surface area contributed by atoms with E-state index in [1.54, 1.807) is 0 Å². The smallest absolute Gasteiger partial charge is 0.193 e. The summed E-state index contributed by atoms with van der Waals surface area (Å²) in [5.41, 5.74) is 2.99. The maximum Gasteiger partial charge on any atom is 0.193 e. The van der Waals surface area contributed by atoms with Gasteiger partial charge < -0.3 is 10.2 Å². The second kappa shape index (κ2) is 8.68. The maximum atomic E-state index is 4.41. The number of nitrogens with zero attached hydrogens (tertiary/aromatic N) is 2. The van der Waals surface area contributed by atoms with Gasteiger partial charge in [-0.2, -0.15) is 0 Å². The lowest BCUT2D eigenvalue weighted by Crippen LogP contribution is -2.42. The van der Waals surface area contributed by atoms with Crippen LogP contribution < -0.4 is 5.32 Å². The Kier molecular flexibility index (Phi) is 6.89. The maximum absolute atomic E-state index is 4.41. The van der Waals surface area contributed by atoms with Crippen molar-refractivity contribution in [2.75, 3.05) is 27.2 Å². The minimum absolute atomic E-state index is 0. The minimum Gasteiger partial charge on any atom is -0.356 e. The quantitative estimate of drug-likeness (QED) is 0.435. The van der Waals surface area contributed by atoms with Gasteiger partial charge in [0.1, 0.15) is 0 Å². The summed E-state index contributed by atoms with van der Waals surface area (Å²) < 4.78 is 0. The molecule has 2 aromatic rings. The number of benzene rings is 1. The van der Waals surface area contributed by atoms with Crippen LogP contribution in [0.15, 0.2) is 46.8 Å². The molecule has 124 valence electrons. The Balaban J connectivity index is 0.00000192. The van der Waals surface area contributed by atoms with Crippen molar-refractivity contribution in [2.45, 2.75) is 18.8 Å². The molecule has 0 radical (unpaired) electrons. The number of thiophene rings is 1. The molecular formula is C18H24IN3S. The number of guanidine groups is 1. The standard InChI is InChI=1S/C18H23N3S.HI/c1-19-18(21(2)10-9-16-7-5-11-22-16)20-13-15-12-14-6-3-4-8-17(14)15;/h3-8,11,15H,9-10,12-13H2,1-2H3,(H,19,20);1H. The van der Waals surface area contributed by atoms with Crippen LogP contribution in [0.4, 0.5) is 0 Å². The molecule has 1 aliphatic carbocycles. The molecule has 1 atom stereocenters. The Morgan fingerprint density at radius 2 is 2.13 bits per heavy atom. The van der Waals surface area contributed by atoms with E-state index < -0.39 is 0 Å². The van der Waals surface area contributed by atoms with E-state index in [2.05, 4.69) is 64.0 Å². The second-order valence-corrected chi connectivity index (χ2v) is 6.81. The van der Waals surface area contributed by atoms with Gasteiger partial charge in [0.2, 0.25) is 0 Å². The van der Waals surface area contributed by atoms with Crippen molar-refractivity contribution in [2.24, 2.45) is 4.99 Å². The first-order chi connectivity index (χ1) is 10.8. The molecule has 0 aliphatic heterocycles. The number of likely N-dealkylation sites (N-methyl/N-ethyl adjacent to an activating group) is 1. The molecule has 0 fully saturated rings. The van der Waals surface area contributed by atoms with Crippen LogP contribution in [0.3, 0.4) is 0 Å². The summed E-state index contributed by atoms with van der Waals surface area (Å²) in [6.07, 6.45) is 2.25. The molecule has 0 bridgehead atoms. The summed E-state index contributed by atoms with van der Waals surface area (Å²) in [5, 5.41) is 5.66. The molecule has 1 N–H and O–H groups in total. The Hall–Kier alpha value is -1.08. The first-order valence-electron chi connectivity index (χ1n) is 7.80. The fourth-order valence-electron chi connectivity index (χ4n) is 2.98. The largest absolute Gasteiger partial charge is 0.356 e. The number of rotatable bonds is 5. The van der Waals surface area contributed by atoms with Gasteiger partial charge in [-0.15, -0.1) is 35.3 Å². The van der Waals surface area contributed by atoms with Crippen LogP contribution in [-0.2, 0) is 12.8 Å². The highest BCUT2D eigenvalue weighted by Gasteiger charge is 2.25. The van der Waals surface area contributed by atoms with E-state index in [1.165, 1.54) is 22.4 Å². The van der Waals surface area contributed by atoms with Crippen LogP contribution in [-0.4, -0.2) is 38.0 Å². The van der Waals surface area contributed by atoms with Crippen LogP contribution in [0, 0.1) is 0 Å². The molecule has 0 spiro atoms. The van der Waals surface area contributed by atoms with Gasteiger partial charge in [0, 0.05) is 38.0 Å². The predicted molar refractivity (Wildman–Crippen MR) is 110 cm³/mol. The number of aliphatic imine (C=N–C) groups is 1. The molecule has 3 rings (SSSR count). The normalized spacial score (nSPS) is 16.1. The van der Waals surface area contributed by atoms with Crippen molar-refractivity contribution in [1.29, 1.82) is 0 Å². The van der Waals surface area contributed by atoms with E-state index in [0.29, 0.717) is 5.92 Å². The van der Waals surface area contributed by atoms with Gasteiger partial charge in [-0.1, -0.05) is 30.3 Å². The number of hydrogen-bond donors (Lipinski definition) is 1. The SMILES string of the molecule is CN=C(NCC1Cc2ccccc21)N(C)CCc1cccs1.I. The summed E-state index contributed by atoms with van der Waals surface area (Å²) in [7, 11) is 3.97. The molecule has 1 aromatic heterocycles. The summed E-state index contributed by atoms with van der Waals surface area (Å²) >= 11 is 1.82. The Morgan fingerprint density at radius 3 is 2.83 bits per heavy atom. The highest BCUT2D eigenvalue weighted by atomic mass is 127. The summed E-state index contributed by atoms with van der Waals surface area (Å²) in [5.74, 6) is 1.61. The summed E-state index contributed by atoms with van der Waals surface area (Å²) in [6.45, 7) is 1.95. The van der Waals surface area contributed by atoms with Crippen LogP contribution >= 0.6 is 35.3 Å². The van der Waals surface area contributed by atoms with E-state index in [4.69, 9.17) is 0 Å². The first kappa shape index (κ1) is 18.3. The lowest BCUT2D eigenvalue weighted by molar-refractivity contribution is 0.475. The fraction of sp³-hybridized carbons (Fsp3) is 0.389. The zero-order valence-corrected chi connectivity index (χ0v) is 16.8. The lowest BCUT2D eigenvalue weighted by Gasteiger charge is -2.32. The Labute approximate surface area is 159 Å². The van der Waals surface area contributed by atoms with Gasteiger partial charge in [0.25, 0.3) is 0 Å². The van der Waals surface area contributed by atoms with E-state index in [1.807, 2.05) is 18.4 Å². The highest BCUT2D eigenvalue weighted by molar-refractivity contribution is 14.0. The number of halogens is 1. The topological polar surface area (TPSA) is 27.6 Å². The third kappa shape index (κ3) is 4.47. The van der Waals surface area contributed by atoms with Gasteiger partial charge in [0.05, 0.1) is 0 Å². The van der Waals surface area contributed by atoms with Crippen molar-refractivity contribution in [3.8, 4) is 0 Å². The Morgan fingerprint density at radius 1 is 1.30 bits per heavy atom. The average Bonchev–Trinajstić information content (AvgIpc) is 3.03. The molecule has 5 heteroatoms. The third-order valence-corrected chi connectivity index (χ3v) is 5.25. The number of nitrogens with one attached hydrogen (secondary N) is 1. The van der Waals surface area contributed by atoms with Gasteiger partial charge in [-0.05, 0) is 35.4 Å². The van der Waals surface area contributed by atoms with Gasteiger partial charge >= 0.3 is 0 Å². The van der Waals surface area contributed by atoms with Crippen LogP contribution in [0.2, 0.25) is 0 Å². The number of fused-ring (bicyclic) bond motifs is 1. The van der Waals surface area contributed by atoms with Gasteiger partial charge in [-0.3, -0.25) is 4.99 Å². The van der Waals surface area contributed by atoms with E-state index in [0.717, 1.165) is 25.5 Å². The lowest BCUT2D eigenvalue weighted by atomic mass is 9.78. The Bertz CT molecular complexity index is 639. The molecule has 3 nitrogen and oxygen atoms in total. The van der Waals surface area contributed by atoms with Crippen LogP contribution in [0.5, 0.6) is 0 Å². The average molecular weight is 441 g/mol. The predicted octanol–water partition coefficient (Wildman–Crippen LogP) is 3.76. The minimum atomic E-state index is 0. The van der Waals surface area contributed by atoms with E-state index >= 15 is 0 Å². The molecule has 23 heavy (non-hydrogen) atoms. The van der Waals surface area contributed by atoms with Crippen molar-refractivity contribution >= 4 is 41.3 Å².